The zero-order chi connectivity index (χ0) is 13.8. The summed E-state index contributed by atoms with van der Waals surface area (Å²) in [6.45, 7) is 1.75. The molecule has 6 nitrogen and oxygen atoms in total. The van der Waals surface area contributed by atoms with Gasteiger partial charge in [0.05, 0.1) is 16.0 Å². The van der Waals surface area contributed by atoms with E-state index in [4.69, 9.17) is 21.6 Å². The number of halogens is 1. The SMILES string of the molecule is CNC(C)(C#N)COc1ccc([N+](=O)[O-])cc1Cl. The average Bonchev–Trinajstić information content (AvgIpc) is 2.36. The molecule has 0 aliphatic carbocycles. The summed E-state index contributed by atoms with van der Waals surface area (Å²) in [6.07, 6.45) is 0. The number of nitrogens with one attached hydrogen (secondary N) is 1. The summed E-state index contributed by atoms with van der Waals surface area (Å²) in [5.74, 6) is 0.305. The molecule has 96 valence electrons. The molecule has 1 atom stereocenters. The van der Waals surface area contributed by atoms with Gasteiger partial charge in [-0.2, -0.15) is 5.26 Å². The number of nitriles is 1. The molecule has 1 N–H and O–H groups in total. The number of nitro benzene ring substituents is 1. The second kappa shape index (κ2) is 5.67. The Bertz CT molecular complexity index is 501. The standard InChI is InChI=1S/C11H12ClN3O3/c1-11(6-13,14-2)7-18-10-4-3-8(15(16)17)5-9(10)12/h3-5,14H,7H2,1-2H3. The fourth-order valence-electron chi connectivity index (χ4n) is 1.10. The van der Waals surface area contributed by atoms with Crippen LogP contribution in [0.3, 0.4) is 0 Å². The molecule has 1 aromatic rings. The van der Waals surface area contributed by atoms with E-state index < -0.39 is 10.5 Å². The van der Waals surface area contributed by atoms with E-state index in [0.29, 0.717) is 5.75 Å². The molecule has 0 aliphatic heterocycles. The summed E-state index contributed by atoms with van der Waals surface area (Å²) < 4.78 is 5.38. The molecule has 1 rings (SSSR count). The van der Waals surface area contributed by atoms with E-state index in [1.54, 1.807) is 14.0 Å². The van der Waals surface area contributed by atoms with Crippen molar-refractivity contribution in [2.24, 2.45) is 0 Å². The van der Waals surface area contributed by atoms with Crippen LogP contribution in [-0.4, -0.2) is 24.1 Å². The fraction of sp³-hybridized carbons (Fsp3) is 0.364. The Labute approximate surface area is 109 Å². The molecule has 1 unspecified atom stereocenters. The summed E-state index contributed by atoms with van der Waals surface area (Å²) in [5, 5.41) is 22.4. The van der Waals surface area contributed by atoms with Crippen LogP contribution < -0.4 is 10.1 Å². The van der Waals surface area contributed by atoms with Crippen molar-refractivity contribution in [2.75, 3.05) is 13.7 Å². The van der Waals surface area contributed by atoms with Crippen LogP contribution in [0, 0.1) is 21.4 Å². The number of rotatable bonds is 5. The lowest BCUT2D eigenvalue weighted by Crippen LogP contribution is -2.43. The summed E-state index contributed by atoms with van der Waals surface area (Å²) in [5.41, 5.74) is -0.950. The van der Waals surface area contributed by atoms with Crippen LogP contribution in [0.1, 0.15) is 6.92 Å². The van der Waals surface area contributed by atoms with Gasteiger partial charge in [0.1, 0.15) is 17.9 Å². The zero-order valence-corrected chi connectivity index (χ0v) is 10.7. The molecule has 0 aromatic heterocycles. The van der Waals surface area contributed by atoms with Crippen molar-refractivity contribution in [3.63, 3.8) is 0 Å². The molecule has 0 spiro atoms. The molecule has 18 heavy (non-hydrogen) atoms. The number of benzene rings is 1. The first kappa shape index (κ1) is 14.2. The summed E-state index contributed by atoms with van der Waals surface area (Å²) in [7, 11) is 1.64. The van der Waals surface area contributed by atoms with Gasteiger partial charge in [0, 0.05) is 12.1 Å². The van der Waals surface area contributed by atoms with Crippen LogP contribution in [0.15, 0.2) is 18.2 Å². The molecule has 0 saturated carbocycles. The van der Waals surface area contributed by atoms with Gasteiger partial charge < -0.3 is 4.74 Å². The van der Waals surface area contributed by atoms with Crippen molar-refractivity contribution in [3.05, 3.63) is 33.3 Å². The number of nitrogens with zero attached hydrogens (tertiary/aromatic N) is 2. The topological polar surface area (TPSA) is 88.2 Å². The third-order valence-corrected chi connectivity index (χ3v) is 2.74. The van der Waals surface area contributed by atoms with Crippen molar-refractivity contribution >= 4 is 17.3 Å². The van der Waals surface area contributed by atoms with Gasteiger partial charge in [-0.05, 0) is 20.0 Å². The highest BCUT2D eigenvalue weighted by Gasteiger charge is 2.23. The van der Waals surface area contributed by atoms with E-state index in [2.05, 4.69) is 11.4 Å². The van der Waals surface area contributed by atoms with Gasteiger partial charge in [-0.3, -0.25) is 15.4 Å². The first-order valence-corrected chi connectivity index (χ1v) is 5.46. The number of likely N-dealkylation sites (N-methyl/N-ethyl adjacent to an activating group) is 1. The molecule has 0 heterocycles. The van der Waals surface area contributed by atoms with E-state index >= 15 is 0 Å². The molecular weight excluding hydrogens is 258 g/mol. The predicted molar refractivity (Wildman–Crippen MR) is 66.7 cm³/mol. The van der Waals surface area contributed by atoms with Crippen molar-refractivity contribution < 1.29 is 9.66 Å². The fourth-order valence-corrected chi connectivity index (χ4v) is 1.33. The predicted octanol–water partition coefficient (Wildman–Crippen LogP) is 2.13. The van der Waals surface area contributed by atoms with Crippen molar-refractivity contribution in [1.82, 2.24) is 5.32 Å². The van der Waals surface area contributed by atoms with Gasteiger partial charge in [0.2, 0.25) is 0 Å². The van der Waals surface area contributed by atoms with Crippen LogP contribution in [0.25, 0.3) is 0 Å². The molecule has 0 aliphatic rings. The molecule has 7 heteroatoms. The van der Waals surface area contributed by atoms with Gasteiger partial charge in [-0.15, -0.1) is 0 Å². The monoisotopic (exact) mass is 269 g/mol. The van der Waals surface area contributed by atoms with Crippen LogP contribution in [0.4, 0.5) is 5.69 Å². The zero-order valence-electron chi connectivity index (χ0n) is 9.94. The normalized spacial score (nSPS) is 13.4. The number of nitro groups is 1. The highest BCUT2D eigenvalue weighted by Crippen LogP contribution is 2.29. The molecule has 0 fully saturated rings. The van der Waals surface area contributed by atoms with Crippen LogP contribution in [0.5, 0.6) is 5.75 Å². The highest BCUT2D eigenvalue weighted by atomic mass is 35.5. The molecule has 0 radical (unpaired) electrons. The summed E-state index contributed by atoms with van der Waals surface area (Å²) >= 11 is 5.86. The van der Waals surface area contributed by atoms with Crippen molar-refractivity contribution in [3.8, 4) is 11.8 Å². The van der Waals surface area contributed by atoms with Crippen molar-refractivity contribution in [1.29, 1.82) is 5.26 Å². The molecule has 0 saturated heterocycles. The molecular formula is C11H12ClN3O3. The van der Waals surface area contributed by atoms with Gasteiger partial charge in [0.25, 0.3) is 5.69 Å². The second-order valence-electron chi connectivity index (χ2n) is 3.85. The van der Waals surface area contributed by atoms with Gasteiger partial charge in [-0.25, -0.2) is 0 Å². The highest BCUT2D eigenvalue weighted by molar-refractivity contribution is 6.32. The van der Waals surface area contributed by atoms with E-state index in [1.807, 2.05) is 0 Å². The maximum atomic E-state index is 10.5. The first-order valence-electron chi connectivity index (χ1n) is 5.09. The lowest BCUT2D eigenvalue weighted by Gasteiger charge is -2.21. The van der Waals surface area contributed by atoms with E-state index in [1.165, 1.54) is 18.2 Å². The first-order chi connectivity index (χ1) is 8.41. The van der Waals surface area contributed by atoms with E-state index in [9.17, 15) is 10.1 Å². The van der Waals surface area contributed by atoms with Gasteiger partial charge >= 0.3 is 0 Å². The quantitative estimate of drug-likeness (QED) is 0.653. The third-order valence-electron chi connectivity index (χ3n) is 2.44. The smallest absolute Gasteiger partial charge is 0.271 e. The van der Waals surface area contributed by atoms with Gasteiger partial charge in [-0.1, -0.05) is 11.6 Å². The summed E-state index contributed by atoms with van der Waals surface area (Å²) in [4.78, 5) is 9.99. The second-order valence-corrected chi connectivity index (χ2v) is 4.26. The molecule has 0 bridgehead atoms. The van der Waals surface area contributed by atoms with Crippen LogP contribution >= 0.6 is 11.6 Å². The van der Waals surface area contributed by atoms with Crippen LogP contribution in [-0.2, 0) is 0 Å². The Hall–Kier alpha value is -1.84. The lowest BCUT2D eigenvalue weighted by atomic mass is 10.1. The lowest BCUT2D eigenvalue weighted by molar-refractivity contribution is -0.384. The number of hydrogen-bond donors (Lipinski definition) is 1. The number of ether oxygens (including phenoxy) is 1. The van der Waals surface area contributed by atoms with Gasteiger partial charge in [0.15, 0.2) is 0 Å². The maximum absolute atomic E-state index is 10.5. The van der Waals surface area contributed by atoms with E-state index in [-0.39, 0.29) is 17.3 Å². The molecule has 0 amide bonds. The number of hydrogen-bond acceptors (Lipinski definition) is 5. The Balaban J connectivity index is 2.81. The van der Waals surface area contributed by atoms with Crippen molar-refractivity contribution in [2.45, 2.75) is 12.5 Å². The Kier molecular flexibility index (Phi) is 4.48. The Morgan fingerprint density at radius 2 is 2.33 bits per heavy atom. The maximum Gasteiger partial charge on any atom is 0.271 e. The van der Waals surface area contributed by atoms with Crippen LogP contribution in [0.2, 0.25) is 5.02 Å². The van der Waals surface area contributed by atoms with E-state index in [0.717, 1.165) is 0 Å². The largest absolute Gasteiger partial charge is 0.489 e. The average molecular weight is 270 g/mol. The minimum atomic E-state index is -0.842. The number of non-ortho nitro benzene ring substituents is 1. The summed E-state index contributed by atoms with van der Waals surface area (Å²) in [6, 6.07) is 5.97. The Morgan fingerprint density at radius 3 is 2.78 bits per heavy atom. The minimum Gasteiger partial charge on any atom is -0.489 e. The third kappa shape index (κ3) is 3.32. The molecule has 1 aromatic carbocycles. The minimum absolute atomic E-state index is 0.0809. The Morgan fingerprint density at radius 1 is 1.67 bits per heavy atom.